The fourth-order valence-electron chi connectivity index (χ4n) is 4.11. The minimum Gasteiger partial charge on any atom is -0.348 e. The van der Waals surface area contributed by atoms with Crippen molar-refractivity contribution in [2.75, 3.05) is 0 Å². The maximum atomic E-state index is 13.6. The lowest BCUT2D eigenvalue weighted by molar-refractivity contribution is -0.130. The number of pyridine rings is 1. The summed E-state index contributed by atoms with van der Waals surface area (Å²) < 4.78 is 13.6. The Balaban J connectivity index is 1.61. The van der Waals surface area contributed by atoms with Crippen molar-refractivity contribution < 1.29 is 9.18 Å². The number of benzene rings is 1. The number of fused-ring (bicyclic) bond motifs is 1. The van der Waals surface area contributed by atoms with Gasteiger partial charge in [0.1, 0.15) is 5.82 Å². The summed E-state index contributed by atoms with van der Waals surface area (Å²) in [7, 11) is 0. The Bertz CT molecular complexity index is 870. The van der Waals surface area contributed by atoms with E-state index < -0.39 is 5.41 Å². The number of rotatable bonds is 3. The average Bonchev–Trinajstić information content (AvgIpc) is 2.54. The molecule has 0 saturated heterocycles. The predicted molar refractivity (Wildman–Crippen MR) is 92.8 cm³/mol. The molecule has 25 heavy (non-hydrogen) atoms. The van der Waals surface area contributed by atoms with Gasteiger partial charge in [-0.1, -0.05) is 18.6 Å². The van der Waals surface area contributed by atoms with Crippen LogP contribution in [-0.4, -0.2) is 10.9 Å². The summed E-state index contributed by atoms with van der Waals surface area (Å²) in [5, 5.41) is 3.17. The van der Waals surface area contributed by atoms with Crippen LogP contribution in [0.1, 0.15) is 55.0 Å². The first kappa shape index (κ1) is 16.1. The zero-order valence-corrected chi connectivity index (χ0v) is 14.0. The van der Waals surface area contributed by atoms with Gasteiger partial charge in [-0.3, -0.25) is 9.59 Å². The molecule has 130 valence electrons. The highest BCUT2D eigenvalue weighted by atomic mass is 19.1. The van der Waals surface area contributed by atoms with Crippen molar-refractivity contribution in [2.45, 2.75) is 50.0 Å². The van der Waals surface area contributed by atoms with E-state index in [-0.39, 0.29) is 23.3 Å². The summed E-state index contributed by atoms with van der Waals surface area (Å²) in [4.78, 5) is 27.5. The van der Waals surface area contributed by atoms with Gasteiger partial charge in [0, 0.05) is 11.8 Å². The first-order valence-electron chi connectivity index (χ1n) is 8.88. The van der Waals surface area contributed by atoms with Gasteiger partial charge < -0.3 is 10.3 Å². The SMILES string of the molecule is O=C(NC1CCCc2[nH]c(=O)ccc21)C1(c2cccc(F)c2)CCC1. The lowest BCUT2D eigenvalue weighted by atomic mass is 9.63. The minimum atomic E-state index is -0.623. The van der Waals surface area contributed by atoms with E-state index in [0.29, 0.717) is 0 Å². The van der Waals surface area contributed by atoms with Gasteiger partial charge in [0.2, 0.25) is 11.5 Å². The zero-order valence-electron chi connectivity index (χ0n) is 14.0. The highest BCUT2D eigenvalue weighted by Crippen LogP contribution is 2.45. The number of carbonyl (C=O) groups excluding carboxylic acids is 1. The Morgan fingerprint density at radius 3 is 2.76 bits per heavy atom. The topological polar surface area (TPSA) is 62.0 Å². The first-order valence-corrected chi connectivity index (χ1v) is 8.88. The molecule has 1 saturated carbocycles. The number of amides is 1. The fraction of sp³-hybridized carbons (Fsp3) is 0.400. The van der Waals surface area contributed by atoms with E-state index in [0.717, 1.165) is 55.3 Å². The van der Waals surface area contributed by atoms with Crippen LogP contribution >= 0.6 is 0 Å². The van der Waals surface area contributed by atoms with Gasteiger partial charge in [0.05, 0.1) is 11.5 Å². The van der Waals surface area contributed by atoms with Crippen LogP contribution in [0.4, 0.5) is 4.39 Å². The fourth-order valence-corrected chi connectivity index (χ4v) is 4.11. The van der Waals surface area contributed by atoms with Gasteiger partial charge in [0.15, 0.2) is 0 Å². The molecule has 1 amide bonds. The Hall–Kier alpha value is -2.43. The van der Waals surface area contributed by atoms with Crippen molar-refractivity contribution >= 4 is 5.91 Å². The van der Waals surface area contributed by atoms with Crippen LogP contribution in [0, 0.1) is 5.82 Å². The van der Waals surface area contributed by atoms with Crippen molar-refractivity contribution in [2.24, 2.45) is 0 Å². The van der Waals surface area contributed by atoms with E-state index in [1.807, 2.05) is 12.1 Å². The number of aromatic nitrogens is 1. The van der Waals surface area contributed by atoms with Crippen molar-refractivity contribution in [3.8, 4) is 0 Å². The molecule has 0 bridgehead atoms. The normalized spacial score (nSPS) is 21.1. The molecule has 0 aliphatic heterocycles. The quantitative estimate of drug-likeness (QED) is 0.902. The lowest BCUT2D eigenvalue weighted by Gasteiger charge is -2.42. The Labute approximate surface area is 145 Å². The summed E-state index contributed by atoms with van der Waals surface area (Å²) in [5.74, 6) is -0.342. The Morgan fingerprint density at radius 2 is 2.04 bits per heavy atom. The van der Waals surface area contributed by atoms with E-state index in [1.54, 1.807) is 6.07 Å². The molecule has 0 spiro atoms. The lowest BCUT2D eigenvalue weighted by Crippen LogP contribution is -2.50. The molecular formula is C20H21FN2O2. The van der Waals surface area contributed by atoms with Crippen LogP contribution in [-0.2, 0) is 16.6 Å². The Morgan fingerprint density at radius 1 is 1.20 bits per heavy atom. The molecular weight excluding hydrogens is 319 g/mol. The molecule has 2 aromatic rings. The molecule has 2 aliphatic rings. The number of aryl methyl sites for hydroxylation is 1. The monoisotopic (exact) mass is 340 g/mol. The van der Waals surface area contributed by atoms with Crippen molar-refractivity contribution in [3.63, 3.8) is 0 Å². The second-order valence-corrected chi connectivity index (χ2v) is 7.12. The third-order valence-electron chi connectivity index (χ3n) is 5.66. The molecule has 1 aromatic heterocycles. The van der Waals surface area contributed by atoms with Crippen LogP contribution in [0.5, 0.6) is 0 Å². The van der Waals surface area contributed by atoms with Crippen LogP contribution in [0.2, 0.25) is 0 Å². The summed E-state index contributed by atoms with van der Waals surface area (Å²) in [6, 6.07) is 9.61. The summed E-state index contributed by atoms with van der Waals surface area (Å²) in [5.41, 5.74) is 1.93. The predicted octanol–water partition coefficient (Wildman–Crippen LogP) is 3.13. The second-order valence-electron chi connectivity index (χ2n) is 7.12. The number of H-pyrrole nitrogens is 1. The molecule has 4 rings (SSSR count). The summed E-state index contributed by atoms with van der Waals surface area (Å²) in [6.07, 6.45) is 5.06. The number of hydrogen-bond donors (Lipinski definition) is 2. The smallest absolute Gasteiger partial charge is 0.248 e. The number of aromatic amines is 1. The van der Waals surface area contributed by atoms with Gasteiger partial charge in [-0.15, -0.1) is 0 Å². The zero-order chi connectivity index (χ0) is 17.4. The number of hydrogen-bond acceptors (Lipinski definition) is 2. The van der Waals surface area contributed by atoms with E-state index in [4.69, 9.17) is 0 Å². The molecule has 1 unspecified atom stereocenters. The number of halogens is 1. The van der Waals surface area contributed by atoms with Gasteiger partial charge in [-0.05, 0) is 61.4 Å². The molecule has 2 aliphatic carbocycles. The van der Waals surface area contributed by atoms with E-state index in [9.17, 15) is 14.0 Å². The second kappa shape index (κ2) is 6.14. The molecule has 1 aromatic carbocycles. The van der Waals surface area contributed by atoms with Crippen molar-refractivity contribution in [1.29, 1.82) is 0 Å². The molecule has 4 nitrogen and oxygen atoms in total. The third kappa shape index (κ3) is 2.77. The average molecular weight is 340 g/mol. The van der Waals surface area contributed by atoms with Crippen LogP contribution in [0.3, 0.4) is 0 Å². The molecule has 1 atom stereocenters. The van der Waals surface area contributed by atoms with Crippen LogP contribution in [0.25, 0.3) is 0 Å². The highest BCUT2D eigenvalue weighted by Gasteiger charge is 2.46. The molecule has 1 fully saturated rings. The van der Waals surface area contributed by atoms with Crippen LogP contribution < -0.4 is 10.9 Å². The first-order chi connectivity index (χ1) is 12.1. The van der Waals surface area contributed by atoms with Gasteiger partial charge in [-0.25, -0.2) is 4.39 Å². The summed E-state index contributed by atoms with van der Waals surface area (Å²) in [6.45, 7) is 0. The number of carbonyl (C=O) groups is 1. The third-order valence-corrected chi connectivity index (χ3v) is 5.66. The van der Waals surface area contributed by atoms with Gasteiger partial charge in [0.25, 0.3) is 0 Å². The standard InChI is InChI=1S/C20H21FN2O2/c21-14-5-1-4-13(12-14)20(10-3-11-20)19(25)23-17-7-2-6-16-15(17)8-9-18(24)22-16/h1,4-5,8-9,12,17H,2-3,6-7,10-11H2,(H,22,24)(H,23,25). The van der Waals surface area contributed by atoms with Gasteiger partial charge in [-0.2, -0.15) is 0 Å². The molecule has 5 heteroatoms. The van der Waals surface area contributed by atoms with E-state index in [1.165, 1.54) is 18.2 Å². The minimum absolute atomic E-state index is 0.0339. The van der Waals surface area contributed by atoms with Gasteiger partial charge >= 0.3 is 0 Å². The van der Waals surface area contributed by atoms with Crippen LogP contribution in [0.15, 0.2) is 41.2 Å². The van der Waals surface area contributed by atoms with Crippen molar-refractivity contribution in [3.05, 3.63) is 69.4 Å². The Kier molecular flexibility index (Phi) is 3.94. The maximum Gasteiger partial charge on any atom is 0.248 e. The largest absolute Gasteiger partial charge is 0.348 e. The number of nitrogens with one attached hydrogen (secondary N) is 2. The summed E-state index contributed by atoms with van der Waals surface area (Å²) >= 11 is 0. The van der Waals surface area contributed by atoms with Crippen molar-refractivity contribution in [1.82, 2.24) is 10.3 Å². The molecule has 2 N–H and O–H groups in total. The highest BCUT2D eigenvalue weighted by molar-refractivity contribution is 5.89. The maximum absolute atomic E-state index is 13.6. The van der Waals surface area contributed by atoms with E-state index >= 15 is 0 Å². The van der Waals surface area contributed by atoms with E-state index in [2.05, 4.69) is 10.3 Å². The molecule has 0 radical (unpaired) electrons. The molecule has 1 heterocycles.